The van der Waals surface area contributed by atoms with Crippen LogP contribution in [-0.4, -0.2) is 118 Å². The molecule has 0 bridgehead atoms. The number of fused-ring (bicyclic) bond motifs is 3. The first-order chi connectivity index (χ1) is 20.7. The molecular formula is C29H38N8O7. The Morgan fingerprint density at radius 1 is 1.14 bits per heavy atom. The van der Waals surface area contributed by atoms with Gasteiger partial charge >= 0.3 is 0 Å². The Balaban J connectivity index is 1.41. The second kappa shape index (κ2) is 11.2. The molecule has 1 aromatic carbocycles. The number of benzene rings is 1. The lowest BCUT2D eigenvalue weighted by molar-refractivity contribution is -0.140. The van der Waals surface area contributed by atoms with Crippen LogP contribution in [-0.2, 0) is 20.0 Å². The van der Waals surface area contributed by atoms with E-state index in [0.29, 0.717) is 26.2 Å². The number of aromatic hydroxyl groups is 1. The van der Waals surface area contributed by atoms with Gasteiger partial charge in [0.25, 0.3) is 5.91 Å². The molecule has 0 radical (unpaired) electrons. The number of ketones is 2. The molecule has 1 amide bonds. The fraction of sp³-hybridized carbons (Fsp3) is 0.483. The lowest BCUT2D eigenvalue weighted by atomic mass is 9.56. The number of likely N-dealkylation sites (N-methyl/N-ethyl adjacent to an activating group) is 1. The van der Waals surface area contributed by atoms with Crippen LogP contribution in [0.4, 0.5) is 0 Å². The molecular weight excluding hydrogens is 572 g/mol. The zero-order valence-corrected chi connectivity index (χ0v) is 24.7. The summed E-state index contributed by atoms with van der Waals surface area (Å²) in [7, 11) is 3.31. The summed E-state index contributed by atoms with van der Waals surface area (Å²) in [6.07, 6.45) is 0.0462. The summed E-state index contributed by atoms with van der Waals surface area (Å²) in [6.45, 7) is 3.27. The maximum Gasteiger partial charge on any atom is 0.259 e. The number of guanidine groups is 2. The van der Waals surface area contributed by atoms with Crippen molar-refractivity contribution in [3.63, 3.8) is 0 Å². The SMILES string of the molecule is CN(C)C1C(O)=C(C(=O)NCN2CCN(C(=N)N=C(N)N)CC2)C(=O)C2C(=O)C3=C(O)c4c(O)cccc4C(C)(O)C3CC21. The quantitative estimate of drug-likeness (QED) is 0.0879. The van der Waals surface area contributed by atoms with Gasteiger partial charge in [0.1, 0.15) is 22.8 Å². The highest BCUT2D eigenvalue weighted by Crippen LogP contribution is 2.55. The zero-order chi connectivity index (χ0) is 32.2. The van der Waals surface area contributed by atoms with Gasteiger partial charge in [0.05, 0.1) is 29.8 Å². The predicted octanol–water partition coefficient (Wildman–Crippen LogP) is -1.07. The smallest absolute Gasteiger partial charge is 0.259 e. The molecule has 4 aliphatic rings. The van der Waals surface area contributed by atoms with E-state index >= 15 is 0 Å². The standard InChI is InChI=1S/C29H38N8O7/c1-29(44)14-5-4-6-16(38)18(14)24(41)19-15(29)11-13-17(22(19)39)23(40)20(25(42)21(13)35(2)3)26(43)33-12-36-7-9-37(10-8-36)28(32)34-27(30)31/h4-6,13,15,17,21,38,41-42,44H,7-12H2,1-3H3,(H,33,43)(H5,30,31,32,34). The molecule has 1 aromatic rings. The summed E-state index contributed by atoms with van der Waals surface area (Å²) in [5.41, 5.74) is 8.47. The van der Waals surface area contributed by atoms with Crippen LogP contribution in [0.3, 0.4) is 0 Å². The van der Waals surface area contributed by atoms with Crippen LogP contribution in [0.1, 0.15) is 24.5 Å². The summed E-state index contributed by atoms with van der Waals surface area (Å²) in [5, 5.41) is 55.4. The number of carbonyl (C=O) groups is 3. The third-order valence-corrected chi connectivity index (χ3v) is 9.21. The van der Waals surface area contributed by atoms with Crippen LogP contribution in [0.15, 0.2) is 40.1 Å². The Hall–Kier alpha value is -4.47. The minimum atomic E-state index is -1.68. The summed E-state index contributed by atoms with van der Waals surface area (Å²) in [5.74, 6) is -7.20. The lowest BCUT2D eigenvalue weighted by Gasteiger charge is -2.50. The molecule has 1 aliphatic heterocycles. The zero-order valence-electron chi connectivity index (χ0n) is 24.7. The van der Waals surface area contributed by atoms with Gasteiger partial charge in [-0.25, -0.2) is 0 Å². The van der Waals surface area contributed by atoms with E-state index in [9.17, 15) is 34.8 Å². The number of nitrogens with zero attached hydrogens (tertiary/aromatic N) is 4. The van der Waals surface area contributed by atoms with Gasteiger partial charge in [-0.05, 0) is 45.0 Å². The number of Topliss-reactive ketones (excluding diaryl/α,β-unsaturated/α-hetero) is 2. The van der Waals surface area contributed by atoms with Gasteiger partial charge in [-0.1, -0.05) is 12.1 Å². The molecule has 1 saturated carbocycles. The molecule has 10 N–H and O–H groups in total. The van der Waals surface area contributed by atoms with Crippen molar-refractivity contribution in [1.29, 1.82) is 5.41 Å². The van der Waals surface area contributed by atoms with Crippen LogP contribution < -0.4 is 16.8 Å². The number of carbonyl (C=O) groups excluding carboxylic acids is 3. The number of rotatable bonds is 4. The Morgan fingerprint density at radius 2 is 1.80 bits per heavy atom. The number of aliphatic hydroxyl groups is 3. The fourth-order valence-corrected chi connectivity index (χ4v) is 7.08. The van der Waals surface area contributed by atoms with E-state index in [1.165, 1.54) is 19.1 Å². The highest BCUT2D eigenvalue weighted by Gasteiger charge is 2.59. The number of phenolic OH excluding ortho intramolecular Hbond substituents is 1. The molecule has 0 aromatic heterocycles. The summed E-state index contributed by atoms with van der Waals surface area (Å²) in [6, 6.07) is 3.50. The molecule has 15 heteroatoms. The van der Waals surface area contributed by atoms with Crippen LogP contribution in [0.25, 0.3) is 5.76 Å². The highest BCUT2D eigenvalue weighted by atomic mass is 16.3. The van der Waals surface area contributed by atoms with E-state index in [-0.39, 0.29) is 47.5 Å². The Bertz CT molecular complexity index is 1520. The molecule has 5 unspecified atom stereocenters. The third kappa shape index (κ3) is 4.96. The number of hydrogen-bond acceptors (Lipinski definition) is 10. The monoisotopic (exact) mass is 610 g/mol. The first-order valence-electron chi connectivity index (χ1n) is 14.3. The Labute approximate surface area is 253 Å². The van der Waals surface area contributed by atoms with Gasteiger partial charge in [-0.2, -0.15) is 4.99 Å². The van der Waals surface area contributed by atoms with E-state index in [1.807, 2.05) is 4.90 Å². The summed E-state index contributed by atoms with van der Waals surface area (Å²) in [4.78, 5) is 50.3. The number of phenols is 1. The topological polar surface area (TPSA) is 242 Å². The minimum absolute atomic E-state index is 0.0357. The van der Waals surface area contributed by atoms with Crippen molar-refractivity contribution in [3.05, 3.63) is 46.2 Å². The predicted molar refractivity (Wildman–Crippen MR) is 159 cm³/mol. The van der Waals surface area contributed by atoms with Gasteiger partial charge < -0.3 is 42.1 Å². The average Bonchev–Trinajstić information content (AvgIpc) is 2.94. The van der Waals surface area contributed by atoms with Gasteiger partial charge in [0, 0.05) is 37.7 Å². The number of hydrogen-bond donors (Lipinski definition) is 8. The van der Waals surface area contributed by atoms with Crippen LogP contribution >= 0.6 is 0 Å². The molecule has 0 spiro atoms. The number of nitrogens with one attached hydrogen (secondary N) is 2. The van der Waals surface area contributed by atoms with E-state index in [4.69, 9.17) is 16.9 Å². The van der Waals surface area contributed by atoms with Crippen LogP contribution in [0.5, 0.6) is 5.75 Å². The van der Waals surface area contributed by atoms with Gasteiger partial charge in [0.15, 0.2) is 17.5 Å². The van der Waals surface area contributed by atoms with Gasteiger partial charge in [-0.3, -0.25) is 29.6 Å². The summed E-state index contributed by atoms with van der Waals surface area (Å²) >= 11 is 0. The average molecular weight is 611 g/mol. The number of amides is 1. The molecule has 2 fully saturated rings. The van der Waals surface area contributed by atoms with E-state index in [1.54, 1.807) is 30.0 Å². The Kier molecular flexibility index (Phi) is 7.90. The first-order valence-corrected chi connectivity index (χ1v) is 14.3. The number of piperazine rings is 1. The van der Waals surface area contributed by atoms with Crippen molar-refractivity contribution in [2.75, 3.05) is 46.9 Å². The largest absolute Gasteiger partial charge is 0.510 e. The van der Waals surface area contributed by atoms with Crippen LogP contribution in [0.2, 0.25) is 0 Å². The minimum Gasteiger partial charge on any atom is -0.510 e. The molecule has 1 saturated heterocycles. The molecule has 5 rings (SSSR count). The molecule has 236 valence electrons. The second-order valence-corrected chi connectivity index (χ2v) is 12.1. The fourth-order valence-electron chi connectivity index (χ4n) is 7.08. The van der Waals surface area contributed by atoms with Crippen molar-refractivity contribution in [2.45, 2.75) is 25.0 Å². The van der Waals surface area contributed by atoms with Crippen molar-refractivity contribution in [3.8, 4) is 5.75 Å². The third-order valence-electron chi connectivity index (χ3n) is 9.21. The second-order valence-electron chi connectivity index (χ2n) is 12.1. The normalized spacial score (nSPS) is 28.8. The molecule has 15 nitrogen and oxygen atoms in total. The molecule has 44 heavy (non-hydrogen) atoms. The number of nitrogens with two attached hydrogens (primary N) is 2. The van der Waals surface area contributed by atoms with Crippen molar-refractivity contribution in [2.24, 2.45) is 34.2 Å². The van der Waals surface area contributed by atoms with E-state index in [2.05, 4.69) is 10.3 Å². The molecule has 1 heterocycles. The van der Waals surface area contributed by atoms with Gasteiger partial charge in [0.2, 0.25) is 5.96 Å². The van der Waals surface area contributed by atoms with Crippen LogP contribution in [0, 0.1) is 23.2 Å². The summed E-state index contributed by atoms with van der Waals surface area (Å²) < 4.78 is 0. The molecule has 3 aliphatic carbocycles. The van der Waals surface area contributed by atoms with Gasteiger partial charge in [-0.15, -0.1) is 0 Å². The maximum absolute atomic E-state index is 14.1. The highest BCUT2D eigenvalue weighted by molar-refractivity contribution is 6.28. The number of aliphatic imine (C=N–C) groups is 1. The number of aliphatic hydroxyl groups excluding tert-OH is 2. The van der Waals surface area contributed by atoms with Crippen molar-refractivity contribution in [1.82, 2.24) is 20.0 Å². The van der Waals surface area contributed by atoms with E-state index in [0.717, 1.165) is 0 Å². The Morgan fingerprint density at radius 3 is 2.41 bits per heavy atom. The molecule has 5 atom stereocenters. The van der Waals surface area contributed by atoms with Crippen molar-refractivity contribution >= 4 is 35.2 Å². The van der Waals surface area contributed by atoms with Crippen molar-refractivity contribution < 1.29 is 34.8 Å². The maximum atomic E-state index is 14.1. The lowest BCUT2D eigenvalue weighted by Crippen LogP contribution is -2.58. The first kappa shape index (κ1) is 31.0. The van der Waals surface area contributed by atoms with E-state index < -0.39 is 64.0 Å².